The van der Waals surface area contributed by atoms with Gasteiger partial charge in [0.05, 0.1) is 0 Å². The summed E-state index contributed by atoms with van der Waals surface area (Å²) in [4.78, 5) is 1.67. The van der Waals surface area contributed by atoms with E-state index in [0.717, 1.165) is 5.69 Å². The Hall–Kier alpha value is -1.03. The minimum absolute atomic E-state index is 0.0549. The number of rotatable bonds is 3. The molecule has 3 nitrogen and oxygen atoms in total. The van der Waals surface area contributed by atoms with Crippen molar-refractivity contribution in [2.24, 2.45) is 0 Å². The van der Waals surface area contributed by atoms with Gasteiger partial charge in [0.15, 0.2) is 10.7 Å². The summed E-state index contributed by atoms with van der Waals surface area (Å²) >= 11 is 0. The molecule has 0 atom stereocenters. The van der Waals surface area contributed by atoms with Crippen LogP contribution >= 0.6 is 0 Å². The molecule has 0 saturated heterocycles. The maximum atomic E-state index is 10.4. The molecule has 4 heteroatoms. The van der Waals surface area contributed by atoms with Crippen LogP contribution in [0.2, 0.25) is 0 Å². The fraction of sp³-hybridized carbons (Fsp3) is 0.250. The van der Waals surface area contributed by atoms with Crippen molar-refractivity contribution in [1.29, 1.82) is 0 Å². The molecule has 1 rings (SSSR count). The van der Waals surface area contributed by atoms with Crippen molar-refractivity contribution in [1.82, 2.24) is 0 Å². The van der Waals surface area contributed by atoms with E-state index in [1.165, 1.54) is 0 Å². The predicted molar refractivity (Wildman–Crippen MR) is 48.9 cm³/mol. The smallest absolute Gasteiger partial charge is 0.158 e. The molecule has 0 spiro atoms. The SMILES string of the molecule is CN(C[SH](=O)=O)c1cc[c]cc1. The average Bonchev–Trinajstić information content (AvgIpc) is 2.05. The van der Waals surface area contributed by atoms with E-state index >= 15 is 0 Å². The van der Waals surface area contributed by atoms with Crippen LogP contribution in [0.5, 0.6) is 0 Å². The molecule has 65 valence electrons. The quantitative estimate of drug-likeness (QED) is 0.695. The van der Waals surface area contributed by atoms with Crippen molar-refractivity contribution in [3.05, 3.63) is 30.3 Å². The lowest BCUT2D eigenvalue weighted by atomic mass is 10.3. The Balaban J connectivity index is 2.71. The van der Waals surface area contributed by atoms with Gasteiger partial charge in [-0.3, -0.25) is 0 Å². The third-order valence-electron chi connectivity index (χ3n) is 1.47. The van der Waals surface area contributed by atoms with E-state index in [-0.39, 0.29) is 5.88 Å². The first-order valence-electron chi connectivity index (χ1n) is 3.49. The molecule has 0 saturated carbocycles. The van der Waals surface area contributed by atoms with Crippen LogP contribution in [0.3, 0.4) is 0 Å². The van der Waals surface area contributed by atoms with Gasteiger partial charge in [-0.15, -0.1) is 0 Å². The van der Waals surface area contributed by atoms with Gasteiger partial charge in [0, 0.05) is 12.7 Å². The van der Waals surface area contributed by atoms with E-state index < -0.39 is 10.7 Å². The van der Waals surface area contributed by atoms with E-state index in [9.17, 15) is 8.42 Å². The van der Waals surface area contributed by atoms with Gasteiger partial charge in [-0.1, -0.05) is 12.1 Å². The van der Waals surface area contributed by atoms with Crippen molar-refractivity contribution in [3.8, 4) is 0 Å². The molecule has 0 aliphatic carbocycles. The molecule has 1 radical (unpaired) electrons. The molecule has 0 aliphatic rings. The Labute approximate surface area is 73.6 Å². The van der Waals surface area contributed by atoms with E-state index in [1.807, 2.05) is 12.1 Å². The Kier molecular flexibility index (Phi) is 3.10. The van der Waals surface area contributed by atoms with Crippen molar-refractivity contribution in [3.63, 3.8) is 0 Å². The summed E-state index contributed by atoms with van der Waals surface area (Å²) in [5.74, 6) is 0.0549. The van der Waals surface area contributed by atoms with Crippen LogP contribution in [-0.4, -0.2) is 21.3 Å². The third kappa shape index (κ3) is 2.54. The van der Waals surface area contributed by atoms with E-state index in [1.54, 1.807) is 24.1 Å². The standard InChI is InChI=1S/C8H10NO2S/c1-9(7-12(10)11)8-5-3-2-4-6-8/h3-6,12H,7H2,1H3. The molecule has 0 unspecified atom stereocenters. The highest BCUT2D eigenvalue weighted by Crippen LogP contribution is 2.09. The molecule has 0 fully saturated rings. The van der Waals surface area contributed by atoms with Crippen molar-refractivity contribution in [2.45, 2.75) is 0 Å². The zero-order chi connectivity index (χ0) is 8.97. The van der Waals surface area contributed by atoms with Crippen LogP contribution in [0.4, 0.5) is 5.69 Å². The fourth-order valence-corrected chi connectivity index (χ4v) is 1.40. The van der Waals surface area contributed by atoms with Gasteiger partial charge >= 0.3 is 0 Å². The molecule has 1 aromatic carbocycles. The highest BCUT2D eigenvalue weighted by Gasteiger charge is 1.98. The minimum Gasteiger partial charge on any atom is -0.361 e. The monoisotopic (exact) mass is 184 g/mol. The van der Waals surface area contributed by atoms with Gasteiger partial charge in [0.2, 0.25) is 0 Å². The van der Waals surface area contributed by atoms with E-state index in [4.69, 9.17) is 0 Å². The lowest BCUT2D eigenvalue weighted by molar-refractivity contribution is 0.613. The lowest BCUT2D eigenvalue weighted by Gasteiger charge is -2.14. The summed E-state index contributed by atoms with van der Waals surface area (Å²) in [5, 5.41) is 0. The maximum Gasteiger partial charge on any atom is 0.158 e. The number of benzene rings is 1. The van der Waals surface area contributed by atoms with Gasteiger partial charge in [0.1, 0.15) is 5.88 Å². The van der Waals surface area contributed by atoms with Crippen molar-refractivity contribution >= 4 is 16.4 Å². The normalized spacial score (nSPS) is 10.2. The number of nitrogens with zero attached hydrogens (tertiary/aromatic N) is 1. The maximum absolute atomic E-state index is 10.4. The van der Waals surface area contributed by atoms with Gasteiger partial charge in [-0.25, -0.2) is 8.42 Å². The summed E-state index contributed by atoms with van der Waals surface area (Å²) in [6, 6.07) is 10.0. The van der Waals surface area contributed by atoms with E-state index in [2.05, 4.69) is 6.07 Å². The first-order chi connectivity index (χ1) is 5.70. The number of hydrogen-bond acceptors (Lipinski definition) is 3. The number of thiol groups is 1. The molecular formula is C8H10NO2S. The Morgan fingerprint density at radius 3 is 2.50 bits per heavy atom. The molecule has 0 heterocycles. The van der Waals surface area contributed by atoms with Crippen LogP contribution in [0.25, 0.3) is 0 Å². The van der Waals surface area contributed by atoms with Crippen LogP contribution in [0, 0.1) is 6.07 Å². The predicted octanol–water partition coefficient (Wildman–Crippen LogP) is 0.492. The lowest BCUT2D eigenvalue weighted by Crippen LogP contribution is -2.18. The molecule has 0 aliphatic heterocycles. The molecule has 0 N–H and O–H groups in total. The minimum atomic E-state index is -2.35. The largest absolute Gasteiger partial charge is 0.361 e. The fourth-order valence-electron chi connectivity index (χ4n) is 0.887. The van der Waals surface area contributed by atoms with Crippen LogP contribution < -0.4 is 4.90 Å². The number of hydrogen-bond donors (Lipinski definition) is 1. The van der Waals surface area contributed by atoms with Crippen LogP contribution in [0.15, 0.2) is 24.3 Å². The van der Waals surface area contributed by atoms with Gasteiger partial charge in [-0.05, 0) is 18.2 Å². The second kappa shape index (κ2) is 4.11. The highest BCUT2D eigenvalue weighted by atomic mass is 32.2. The van der Waals surface area contributed by atoms with Gasteiger partial charge in [-0.2, -0.15) is 0 Å². The highest BCUT2D eigenvalue weighted by molar-refractivity contribution is 7.72. The summed E-state index contributed by atoms with van der Waals surface area (Å²) in [6.45, 7) is 0. The van der Waals surface area contributed by atoms with Crippen LogP contribution in [-0.2, 0) is 10.7 Å². The first kappa shape index (κ1) is 9.06. The Morgan fingerprint density at radius 1 is 1.42 bits per heavy atom. The zero-order valence-electron chi connectivity index (χ0n) is 6.73. The Bertz CT molecular complexity index is 300. The zero-order valence-corrected chi connectivity index (χ0v) is 7.62. The number of anilines is 1. The van der Waals surface area contributed by atoms with Gasteiger partial charge in [0.25, 0.3) is 0 Å². The first-order valence-corrected chi connectivity index (χ1v) is 4.85. The summed E-state index contributed by atoms with van der Waals surface area (Å²) in [7, 11) is -0.611. The molecule has 1 aromatic rings. The molecular weight excluding hydrogens is 174 g/mol. The molecule has 0 amide bonds. The average molecular weight is 184 g/mol. The third-order valence-corrected chi connectivity index (χ3v) is 2.12. The topological polar surface area (TPSA) is 37.4 Å². The molecule has 0 bridgehead atoms. The van der Waals surface area contributed by atoms with Crippen molar-refractivity contribution < 1.29 is 8.42 Å². The van der Waals surface area contributed by atoms with Crippen molar-refractivity contribution in [2.75, 3.05) is 17.8 Å². The van der Waals surface area contributed by atoms with Crippen LogP contribution in [0.1, 0.15) is 0 Å². The Morgan fingerprint density at radius 2 is 2.00 bits per heavy atom. The van der Waals surface area contributed by atoms with E-state index in [0.29, 0.717) is 0 Å². The summed E-state index contributed by atoms with van der Waals surface area (Å²) in [5.41, 5.74) is 0.882. The van der Waals surface area contributed by atoms with Gasteiger partial charge < -0.3 is 4.90 Å². The second-order valence-electron chi connectivity index (χ2n) is 2.43. The second-order valence-corrected chi connectivity index (χ2v) is 3.38. The molecule has 0 aromatic heterocycles. The summed E-state index contributed by atoms with van der Waals surface area (Å²) < 4.78 is 20.7. The molecule has 12 heavy (non-hydrogen) atoms. The summed E-state index contributed by atoms with van der Waals surface area (Å²) in [6.07, 6.45) is 0.